The Morgan fingerprint density at radius 1 is 1.10 bits per heavy atom. The van der Waals surface area contributed by atoms with Crippen molar-refractivity contribution in [1.29, 1.82) is 0 Å². The van der Waals surface area contributed by atoms with E-state index in [1.807, 2.05) is 0 Å². The number of nitrogens with zero attached hydrogens (tertiary/aromatic N) is 2. The predicted octanol–water partition coefficient (Wildman–Crippen LogP) is 1.54. The minimum atomic E-state index is -0.332. The number of fused-ring (bicyclic) bond motifs is 1. The molecule has 1 aliphatic rings. The Balaban J connectivity index is 1.74. The van der Waals surface area contributed by atoms with Crippen molar-refractivity contribution in [2.75, 3.05) is 30.9 Å². The van der Waals surface area contributed by atoms with E-state index in [0.29, 0.717) is 36.2 Å². The molecule has 0 aliphatic carbocycles. The molecule has 1 aromatic carbocycles. The summed E-state index contributed by atoms with van der Waals surface area (Å²) in [6.45, 7) is 1.04. The Labute approximate surface area is 121 Å². The van der Waals surface area contributed by atoms with E-state index in [0.717, 1.165) is 0 Å². The van der Waals surface area contributed by atoms with Gasteiger partial charge in [-0.25, -0.2) is 0 Å². The van der Waals surface area contributed by atoms with Crippen LogP contribution in [0.4, 0.5) is 11.5 Å². The van der Waals surface area contributed by atoms with Gasteiger partial charge in [-0.1, -0.05) is 0 Å². The van der Waals surface area contributed by atoms with Crippen molar-refractivity contribution in [3.8, 4) is 11.5 Å². The summed E-state index contributed by atoms with van der Waals surface area (Å²) < 4.78 is 10.9. The molecule has 0 fully saturated rings. The summed E-state index contributed by atoms with van der Waals surface area (Å²) >= 11 is 0. The molecule has 2 N–H and O–H groups in total. The third-order valence-electron chi connectivity index (χ3n) is 2.95. The maximum Gasteiger partial charge on any atom is 0.276 e. The largest absolute Gasteiger partial charge is 0.486 e. The van der Waals surface area contributed by atoms with Crippen molar-refractivity contribution in [1.82, 2.24) is 10.2 Å². The average molecular weight is 286 g/mol. The highest BCUT2D eigenvalue weighted by atomic mass is 16.6. The van der Waals surface area contributed by atoms with Gasteiger partial charge in [-0.15, -0.1) is 10.2 Å². The summed E-state index contributed by atoms with van der Waals surface area (Å²) in [7, 11) is 1.74. The first-order valence-corrected chi connectivity index (χ1v) is 6.49. The lowest BCUT2D eigenvalue weighted by Crippen LogP contribution is -2.17. The molecule has 7 heteroatoms. The molecule has 0 unspecified atom stereocenters. The zero-order chi connectivity index (χ0) is 14.7. The molecule has 0 bridgehead atoms. The highest BCUT2D eigenvalue weighted by Crippen LogP contribution is 2.32. The van der Waals surface area contributed by atoms with Gasteiger partial charge in [0.2, 0.25) is 0 Å². The van der Waals surface area contributed by atoms with E-state index in [4.69, 9.17) is 9.47 Å². The highest BCUT2D eigenvalue weighted by molar-refractivity contribution is 6.02. The number of rotatable bonds is 3. The number of carbonyl (C=O) groups excluding carboxylic acids is 1. The summed E-state index contributed by atoms with van der Waals surface area (Å²) in [5.74, 6) is 1.57. The quantitative estimate of drug-likeness (QED) is 0.890. The van der Waals surface area contributed by atoms with Crippen LogP contribution in [0, 0.1) is 0 Å². The molecule has 1 aromatic heterocycles. The molecule has 1 aliphatic heterocycles. The average Bonchev–Trinajstić information content (AvgIpc) is 2.55. The number of amides is 1. The fourth-order valence-corrected chi connectivity index (χ4v) is 1.90. The van der Waals surface area contributed by atoms with Gasteiger partial charge in [0.1, 0.15) is 19.0 Å². The van der Waals surface area contributed by atoms with Gasteiger partial charge in [0.05, 0.1) is 0 Å². The third kappa shape index (κ3) is 2.86. The first-order valence-electron chi connectivity index (χ1n) is 6.49. The molecule has 0 saturated heterocycles. The monoisotopic (exact) mass is 286 g/mol. The van der Waals surface area contributed by atoms with E-state index in [9.17, 15) is 4.79 Å². The van der Waals surface area contributed by atoms with Crippen molar-refractivity contribution in [3.05, 3.63) is 36.0 Å². The first-order chi connectivity index (χ1) is 10.3. The zero-order valence-corrected chi connectivity index (χ0v) is 11.4. The Kier molecular flexibility index (Phi) is 3.55. The van der Waals surface area contributed by atoms with Crippen LogP contribution in [0.5, 0.6) is 11.5 Å². The molecule has 3 rings (SSSR count). The SMILES string of the molecule is CNc1ccc(C(=O)Nc2ccc3c(c2)OCCO3)nn1. The van der Waals surface area contributed by atoms with Crippen LogP contribution < -0.4 is 20.1 Å². The van der Waals surface area contributed by atoms with E-state index in [-0.39, 0.29) is 11.6 Å². The molecule has 7 nitrogen and oxygen atoms in total. The van der Waals surface area contributed by atoms with Crippen LogP contribution in [0.3, 0.4) is 0 Å². The van der Waals surface area contributed by atoms with Crippen molar-refractivity contribution in [2.24, 2.45) is 0 Å². The van der Waals surface area contributed by atoms with E-state index in [1.165, 1.54) is 0 Å². The maximum atomic E-state index is 12.1. The smallest absolute Gasteiger partial charge is 0.276 e. The Morgan fingerprint density at radius 2 is 1.90 bits per heavy atom. The fourth-order valence-electron chi connectivity index (χ4n) is 1.90. The number of aromatic nitrogens is 2. The van der Waals surface area contributed by atoms with Gasteiger partial charge in [0, 0.05) is 18.8 Å². The number of benzene rings is 1. The maximum absolute atomic E-state index is 12.1. The second-order valence-electron chi connectivity index (χ2n) is 4.37. The molecule has 2 heterocycles. The van der Waals surface area contributed by atoms with E-state index in [1.54, 1.807) is 37.4 Å². The van der Waals surface area contributed by atoms with E-state index < -0.39 is 0 Å². The molecule has 1 amide bonds. The minimum Gasteiger partial charge on any atom is -0.486 e. The van der Waals surface area contributed by atoms with E-state index >= 15 is 0 Å². The molecular weight excluding hydrogens is 272 g/mol. The molecule has 21 heavy (non-hydrogen) atoms. The molecule has 0 saturated carbocycles. The number of anilines is 2. The lowest BCUT2D eigenvalue weighted by atomic mass is 10.2. The Bertz CT molecular complexity index is 658. The standard InChI is InChI=1S/C14H14N4O3/c1-15-13-5-3-10(17-18-13)14(19)16-9-2-4-11-12(8-9)21-7-6-20-11/h2-5,8H,6-7H2,1H3,(H,15,18)(H,16,19). The second kappa shape index (κ2) is 5.66. The van der Waals surface area contributed by atoms with Crippen molar-refractivity contribution in [3.63, 3.8) is 0 Å². The van der Waals surface area contributed by atoms with Gasteiger partial charge in [-0.2, -0.15) is 0 Å². The van der Waals surface area contributed by atoms with Crippen molar-refractivity contribution < 1.29 is 14.3 Å². The molecule has 2 aromatic rings. The number of hydrogen-bond acceptors (Lipinski definition) is 6. The van der Waals surface area contributed by atoms with Gasteiger partial charge in [0.25, 0.3) is 5.91 Å². The molecular formula is C14H14N4O3. The van der Waals surface area contributed by atoms with E-state index in [2.05, 4.69) is 20.8 Å². The summed E-state index contributed by atoms with van der Waals surface area (Å²) in [6.07, 6.45) is 0. The van der Waals surface area contributed by atoms with Crippen molar-refractivity contribution >= 4 is 17.4 Å². The highest BCUT2D eigenvalue weighted by Gasteiger charge is 2.14. The molecule has 0 radical (unpaired) electrons. The van der Waals surface area contributed by atoms with Gasteiger partial charge < -0.3 is 20.1 Å². The Hall–Kier alpha value is -2.83. The number of nitrogens with one attached hydrogen (secondary N) is 2. The number of ether oxygens (including phenoxy) is 2. The fraction of sp³-hybridized carbons (Fsp3) is 0.214. The van der Waals surface area contributed by atoms with Crippen LogP contribution in [-0.2, 0) is 0 Å². The summed E-state index contributed by atoms with van der Waals surface area (Å²) in [4.78, 5) is 12.1. The van der Waals surface area contributed by atoms with Crippen LogP contribution in [0.1, 0.15) is 10.5 Å². The predicted molar refractivity (Wildman–Crippen MR) is 77.0 cm³/mol. The summed E-state index contributed by atoms with van der Waals surface area (Å²) in [6, 6.07) is 8.53. The van der Waals surface area contributed by atoms with Gasteiger partial charge in [-0.3, -0.25) is 4.79 Å². The second-order valence-corrected chi connectivity index (χ2v) is 4.37. The number of carbonyl (C=O) groups is 1. The van der Waals surface area contributed by atoms with Crippen LogP contribution in [0.25, 0.3) is 0 Å². The van der Waals surface area contributed by atoms with Gasteiger partial charge >= 0.3 is 0 Å². The minimum absolute atomic E-state index is 0.240. The molecule has 108 valence electrons. The molecule has 0 spiro atoms. The molecule has 0 atom stereocenters. The van der Waals surface area contributed by atoms with Crippen LogP contribution >= 0.6 is 0 Å². The normalized spacial score (nSPS) is 12.6. The zero-order valence-electron chi connectivity index (χ0n) is 11.4. The van der Waals surface area contributed by atoms with Gasteiger partial charge in [0.15, 0.2) is 17.2 Å². The summed E-state index contributed by atoms with van der Waals surface area (Å²) in [5, 5.41) is 13.3. The van der Waals surface area contributed by atoms with Crippen LogP contribution in [0.15, 0.2) is 30.3 Å². The van der Waals surface area contributed by atoms with Gasteiger partial charge in [-0.05, 0) is 24.3 Å². The lowest BCUT2D eigenvalue weighted by molar-refractivity contribution is 0.102. The first kappa shape index (κ1) is 13.2. The topological polar surface area (TPSA) is 85.4 Å². The Morgan fingerprint density at radius 3 is 2.62 bits per heavy atom. The third-order valence-corrected chi connectivity index (χ3v) is 2.95. The lowest BCUT2D eigenvalue weighted by Gasteiger charge is -2.18. The van der Waals surface area contributed by atoms with Crippen LogP contribution in [-0.4, -0.2) is 36.4 Å². The van der Waals surface area contributed by atoms with Crippen molar-refractivity contribution in [2.45, 2.75) is 0 Å². The summed E-state index contributed by atoms with van der Waals surface area (Å²) in [5.41, 5.74) is 0.854. The van der Waals surface area contributed by atoms with Crippen LogP contribution in [0.2, 0.25) is 0 Å². The number of hydrogen-bond donors (Lipinski definition) is 2.